The Balaban J connectivity index is 0.000000853. The van der Waals surface area contributed by atoms with E-state index in [4.69, 9.17) is 0 Å². The lowest BCUT2D eigenvalue weighted by Gasteiger charge is -2.19. The van der Waals surface area contributed by atoms with Crippen molar-refractivity contribution in [2.75, 3.05) is 11.2 Å². The molecule has 0 amide bonds. The topological polar surface area (TPSA) is 3.24 Å². The zero-order valence-corrected chi connectivity index (χ0v) is 12.2. The van der Waals surface area contributed by atoms with Crippen LogP contribution in [0, 0.1) is 5.75 Å². The average Bonchev–Trinajstić information content (AvgIpc) is 2.75. The Morgan fingerprint density at radius 3 is 3.07 bits per heavy atom. The van der Waals surface area contributed by atoms with Gasteiger partial charge in [0.05, 0.1) is 0 Å². The summed E-state index contributed by atoms with van der Waals surface area (Å²) in [5.74, 6) is 2.39. The molecule has 3 rings (SSSR count). The molecule has 0 N–H and O–H groups in total. The number of anilines is 1. The molecule has 2 aliphatic heterocycles. The standard InChI is InChI=1S/C11H12NS2.HI/c1-13-11-12-9(7-14-11)6-8-4-2-3-5-10(8)12;/h2-5,7,9,11H,6H2,1H3;1H/q+1;/p-1/t9-,11?;/m1./s1. The minimum Gasteiger partial charge on any atom is -1.00 e. The summed E-state index contributed by atoms with van der Waals surface area (Å²) in [6.07, 6.45) is 3.38. The number of nitrogens with zero attached hydrogens (tertiary/aromatic N) is 1. The van der Waals surface area contributed by atoms with Crippen molar-refractivity contribution < 1.29 is 24.0 Å². The monoisotopic (exact) mass is 349 g/mol. The normalized spacial score (nSPS) is 26.6. The van der Waals surface area contributed by atoms with Crippen LogP contribution in [0.1, 0.15) is 5.56 Å². The van der Waals surface area contributed by atoms with Gasteiger partial charge in [0.15, 0.2) is 16.5 Å². The van der Waals surface area contributed by atoms with Gasteiger partial charge >= 0.3 is 0 Å². The number of halogens is 1. The van der Waals surface area contributed by atoms with Crippen LogP contribution in [-0.4, -0.2) is 17.0 Å². The summed E-state index contributed by atoms with van der Waals surface area (Å²) in [7, 11) is 0. The highest BCUT2D eigenvalue weighted by atomic mass is 127. The highest BCUT2D eigenvalue weighted by Crippen LogP contribution is 2.47. The third kappa shape index (κ3) is 1.85. The van der Waals surface area contributed by atoms with Crippen LogP contribution in [0.15, 0.2) is 24.3 Å². The fourth-order valence-corrected chi connectivity index (χ4v) is 4.29. The van der Waals surface area contributed by atoms with E-state index < -0.39 is 0 Å². The van der Waals surface area contributed by atoms with Gasteiger partial charge in [0.1, 0.15) is 11.8 Å². The number of para-hydroxylation sites is 1. The Morgan fingerprint density at radius 1 is 1.47 bits per heavy atom. The number of rotatable bonds is 1. The van der Waals surface area contributed by atoms with Crippen LogP contribution >= 0.6 is 23.5 Å². The van der Waals surface area contributed by atoms with Gasteiger partial charge in [0.25, 0.3) is 0 Å². The van der Waals surface area contributed by atoms with E-state index in [-0.39, 0.29) is 24.0 Å². The molecular weight excluding hydrogens is 337 g/mol. The summed E-state index contributed by atoms with van der Waals surface area (Å²) in [5.41, 5.74) is 2.95. The second-order valence-corrected chi connectivity index (χ2v) is 5.83. The van der Waals surface area contributed by atoms with E-state index in [9.17, 15) is 0 Å². The number of hydrogen-bond donors (Lipinski definition) is 0. The zero-order valence-electron chi connectivity index (χ0n) is 8.39. The Kier molecular flexibility index (Phi) is 3.67. The van der Waals surface area contributed by atoms with Crippen LogP contribution in [0.5, 0.6) is 0 Å². The van der Waals surface area contributed by atoms with Crippen LogP contribution < -0.4 is 28.9 Å². The van der Waals surface area contributed by atoms with Crippen molar-refractivity contribution in [1.29, 1.82) is 0 Å². The molecule has 0 saturated carbocycles. The van der Waals surface area contributed by atoms with E-state index in [1.165, 1.54) is 17.7 Å². The summed E-state index contributed by atoms with van der Waals surface area (Å²) in [4.78, 5) is 2.55. The fourth-order valence-electron chi connectivity index (χ4n) is 2.21. The summed E-state index contributed by atoms with van der Waals surface area (Å²) in [6, 6.07) is 9.42. The first kappa shape index (κ1) is 11.8. The molecule has 1 fully saturated rings. The van der Waals surface area contributed by atoms with Crippen molar-refractivity contribution in [3.05, 3.63) is 35.6 Å². The minimum absolute atomic E-state index is 0. The predicted molar refractivity (Wildman–Crippen MR) is 65.6 cm³/mol. The van der Waals surface area contributed by atoms with Crippen LogP contribution in [0.4, 0.5) is 5.69 Å². The van der Waals surface area contributed by atoms with Crippen molar-refractivity contribution in [2.45, 2.75) is 17.2 Å². The van der Waals surface area contributed by atoms with Gasteiger partial charge < -0.3 is 28.9 Å². The third-order valence-corrected chi connectivity index (χ3v) is 5.31. The molecule has 0 aromatic heterocycles. The number of fused-ring (bicyclic) bond motifs is 3. The maximum absolute atomic E-state index is 2.55. The smallest absolute Gasteiger partial charge is 0.188 e. The van der Waals surface area contributed by atoms with Crippen molar-refractivity contribution in [2.24, 2.45) is 0 Å². The van der Waals surface area contributed by atoms with Crippen molar-refractivity contribution in [3.63, 3.8) is 0 Å². The molecule has 15 heavy (non-hydrogen) atoms. The van der Waals surface area contributed by atoms with Gasteiger partial charge in [-0.15, -0.1) is 11.8 Å². The van der Waals surface area contributed by atoms with Crippen LogP contribution in [-0.2, 0) is 6.42 Å². The van der Waals surface area contributed by atoms with E-state index >= 15 is 0 Å². The lowest BCUT2D eigenvalue weighted by Crippen LogP contribution is -3.00. The van der Waals surface area contributed by atoms with Gasteiger partial charge in [-0.2, -0.15) is 0 Å². The maximum atomic E-state index is 2.55. The maximum Gasteiger partial charge on any atom is 0.188 e. The molecule has 0 bridgehead atoms. The van der Waals surface area contributed by atoms with E-state index in [0.717, 1.165) is 0 Å². The number of benzene rings is 1. The highest BCUT2D eigenvalue weighted by Gasteiger charge is 2.47. The van der Waals surface area contributed by atoms with Crippen molar-refractivity contribution in [1.82, 2.24) is 0 Å². The molecule has 2 heterocycles. The Morgan fingerprint density at radius 2 is 2.27 bits per heavy atom. The van der Waals surface area contributed by atoms with Gasteiger partial charge in [-0.3, -0.25) is 0 Å². The molecule has 2 atom stereocenters. The second kappa shape index (κ2) is 4.67. The molecule has 1 aromatic carbocycles. The molecule has 0 aliphatic carbocycles. The first-order chi connectivity index (χ1) is 6.90. The van der Waals surface area contributed by atoms with E-state index in [1.807, 2.05) is 23.5 Å². The number of thioether (sulfide) groups is 2. The van der Waals surface area contributed by atoms with Crippen molar-refractivity contribution in [3.8, 4) is 0 Å². The predicted octanol–water partition coefficient (Wildman–Crippen LogP) is -0.0231. The Bertz CT molecular complexity index is 356. The molecule has 4 heteroatoms. The Hall–Kier alpha value is 0.320. The molecular formula is C11H12INS2. The second-order valence-electron chi connectivity index (χ2n) is 3.62. The van der Waals surface area contributed by atoms with Gasteiger partial charge in [0.2, 0.25) is 0 Å². The summed E-state index contributed by atoms with van der Waals surface area (Å²) in [6.45, 7) is 0. The first-order valence-electron chi connectivity index (χ1n) is 4.78. The van der Waals surface area contributed by atoms with Crippen LogP contribution in [0.2, 0.25) is 0 Å². The lowest BCUT2D eigenvalue weighted by atomic mass is 10.1. The first-order valence-corrected chi connectivity index (χ1v) is 7.01. The van der Waals surface area contributed by atoms with E-state index in [0.29, 0.717) is 10.7 Å². The largest absolute Gasteiger partial charge is 1.00 e. The minimum atomic E-state index is 0. The quantitative estimate of drug-likeness (QED) is 0.518. The molecule has 0 radical (unpaired) electrons. The molecule has 1 nitrogen and oxygen atoms in total. The van der Waals surface area contributed by atoms with Gasteiger partial charge in [-0.25, -0.2) is 0 Å². The third-order valence-electron chi connectivity index (χ3n) is 2.84. The average molecular weight is 349 g/mol. The van der Waals surface area contributed by atoms with E-state index in [2.05, 4.69) is 41.2 Å². The summed E-state index contributed by atoms with van der Waals surface area (Å²) < 4.78 is 0.587. The molecule has 80 valence electrons. The van der Waals surface area contributed by atoms with E-state index in [1.54, 1.807) is 0 Å². The van der Waals surface area contributed by atoms with Gasteiger partial charge in [-0.1, -0.05) is 18.2 Å². The van der Waals surface area contributed by atoms with Crippen molar-refractivity contribution >= 4 is 29.2 Å². The number of hydrogen-bond acceptors (Lipinski definition) is 3. The molecule has 1 aromatic rings. The molecule has 1 unspecified atom stereocenters. The molecule has 2 aliphatic rings. The zero-order chi connectivity index (χ0) is 9.54. The molecule has 0 spiro atoms. The van der Waals surface area contributed by atoms with Gasteiger partial charge in [0, 0.05) is 12.1 Å². The highest BCUT2D eigenvalue weighted by molar-refractivity contribution is 8.18. The van der Waals surface area contributed by atoms with Crippen LogP contribution in [0.3, 0.4) is 0 Å². The SMILES string of the molecule is CSC1S[CH+][C@H]2Cc3ccccc3N12.[I-]. The Labute approximate surface area is 116 Å². The lowest BCUT2D eigenvalue weighted by molar-refractivity contribution is -0.00000265. The molecule has 1 saturated heterocycles. The summed E-state index contributed by atoms with van der Waals surface area (Å²) >= 11 is 3.89. The van der Waals surface area contributed by atoms with Crippen LogP contribution in [0.25, 0.3) is 0 Å². The fraction of sp³-hybridized carbons (Fsp3) is 0.364. The van der Waals surface area contributed by atoms with Gasteiger partial charge in [-0.05, 0) is 17.9 Å². The summed E-state index contributed by atoms with van der Waals surface area (Å²) in [5, 5.41) is 0.